The molecule has 0 aliphatic rings. The first kappa shape index (κ1) is 15.5. The van der Waals surface area contributed by atoms with Crippen LogP contribution in [-0.4, -0.2) is 15.0 Å². The van der Waals surface area contributed by atoms with Gasteiger partial charge in [0.25, 0.3) is 0 Å². The van der Waals surface area contributed by atoms with E-state index in [1.54, 1.807) is 6.07 Å². The first-order chi connectivity index (χ1) is 9.49. The topological polar surface area (TPSA) is 72.2 Å². The number of rotatable bonds is 6. The molecule has 20 heavy (non-hydrogen) atoms. The molecule has 1 aromatic heterocycles. The van der Waals surface area contributed by atoms with Gasteiger partial charge < -0.3 is 5.73 Å². The van der Waals surface area contributed by atoms with Crippen LogP contribution in [0.2, 0.25) is 4.34 Å². The van der Waals surface area contributed by atoms with E-state index < -0.39 is 10.0 Å². The molecular formula is C13H15ClN2O2S2. The molecule has 108 valence electrons. The Balaban J connectivity index is 1.90. The maximum absolute atomic E-state index is 12.0. The van der Waals surface area contributed by atoms with Crippen LogP contribution >= 0.6 is 22.9 Å². The van der Waals surface area contributed by atoms with E-state index in [0.717, 1.165) is 16.9 Å². The van der Waals surface area contributed by atoms with Crippen LogP contribution in [0.4, 0.5) is 0 Å². The summed E-state index contributed by atoms with van der Waals surface area (Å²) in [5.74, 6) is 0. The van der Waals surface area contributed by atoms with Crippen molar-refractivity contribution in [3.8, 4) is 0 Å². The quantitative estimate of drug-likeness (QED) is 0.855. The number of nitrogens with two attached hydrogens (primary N) is 1. The molecule has 2 rings (SSSR count). The molecule has 0 saturated carbocycles. The van der Waals surface area contributed by atoms with Crippen LogP contribution in [0.1, 0.15) is 18.0 Å². The van der Waals surface area contributed by atoms with Crippen LogP contribution in [0.25, 0.3) is 0 Å². The lowest BCUT2D eigenvalue weighted by Crippen LogP contribution is -2.26. The van der Waals surface area contributed by atoms with Gasteiger partial charge in [-0.05, 0) is 24.1 Å². The van der Waals surface area contributed by atoms with Gasteiger partial charge in [-0.1, -0.05) is 41.9 Å². The van der Waals surface area contributed by atoms with Gasteiger partial charge in [0, 0.05) is 12.6 Å². The normalized spacial score (nSPS) is 13.3. The van der Waals surface area contributed by atoms with E-state index in [1.165, 1.54) is 6.07 Å². The zero-order valence-electron chi connectivity index (χ0n) is 10.6. The minimum absolute atomic E-state index is 0.189. The van der Waals surface area contributed by atoms with Gasteiger partial charge in [-0.25, -0.2) is 13.1 Å². The Kier molecular flexibility index (Phi) is 5.17. The Bertz CT molecular complexity index is 656. The smallest absolute Gasteiger partial charge is 0.250 e. The van der Waals surface area contributed by atoms with E-state index in [0.29, 0.717) is 10.8 Å². The van der Waals surface area contributed by atoms with Crippen molar-refractivity contribution in [3.05, 3.63) is 52.4 Å². The lowest BCUT2D eigenvalue weighted by atomic mass is 10.1. The molecule has 1 aromatic carbocycles. The second kappa shape index (κ2) is 6.69. The average molecular weight is 331 g/mol. The molecule has 0 spiro atoms. The number of benzene rings is 1. The Morgan fingerprint density at radius 1 is 1.20 bits per heavy atom. The Hall–Kier alpha value is -0.920. The number of hydrogen-bond donors (Lipinski definition) is 2. The summed E-state index contributed by atoms with van der Waals surface area (Å²) in [6, 6.07) is 12.5. The number of thiophene rings is 1. The van der Waals surface area contributed by atoms with Crippen molar-refractivity contribution in [1.29, 1.82) is 0 Å². The SMILES string of the molecule is NC(CCNS(=O)(=O)c1ccc(Cl)s1)c1ccccc1. The van der Waals surface area contributed by atoms with Crippen molar-refractivity contribution < 1.29 is 8.42 Å². The van der Waals surface area contributed by atoms with Gasteiger partial charge in [0.1, 0.15) is 4.21 Å². The highest BCUT2D eigenvalue weighted by atomic mass is 35.5. The summed E-state index contributed by atoms with van der Waals surface area (Å²) in [4.78, 5) is 0. The summed E-state index contributed by atoms with van der Waals surface area (Å²) in [6.45, 7) is 0.286. The fourth-order valence-electron chi connectivity index (χ4n) is 1.73. The maximum atomic E-state index is 12.0. The van der Waals surface area contributed by atoms with Gasteiger partial charge >= 0.3 is 0 Å². The molecule has 4 nitrogen and oxygen atoms in total. The Labute approximate surface area is 127 Å². The van der Waals surface area contributed by atoms with Crippen LogP contribution < -0.4 is 10.5 Å². The largest absolute Gasteiger partial charge is 0.324 e. The third kappa shape index (κ3) is 4.04. The van der Waals surface area contributed by atoms with Gasteiger partial charge in [0.05, 0.1) is 4.34 Å². The first-order valence-electron chi connectivity index (χ1n) is 6.04. The van der Waals surface area contributed by atoms with E-state index in [4.69, 9.17) is 17.3 Å². The summed E-state index contributed by atoms with van der Waals surface area (Å²) in [5, 5.41) is 0. The fraction of sp³-hybridized carbons (Fsp3) is 0.231. The fourth-order valence-corrected chi connectivity index (χ4v) is 4.30. The van der Waals surface area contributed by atoms with Crippen molar-refractivity contribution in [3.63, 3.8) is 0 Å². The van der Waals surface area contributed by atoms with E-state index in [1.807, 2.05) is 30.3 Å². The average Bonchev–Trinajstić information content (AvgIpc) is 2.87. The van der Waals surface area contributed by atoms with Gasteiger partial charge in [-0.2, -0.15) is 0 Å². The Morgan fingerprint density at radius 2 is 1.90 bits per heavy atom. The van der Waals surface area contributed by atoms with Crippen LogP contribution in [-0.2, 0) is 10.0 Å². The van der Waals surface area contributed by atoms with Crippen LogP contribution in [0.5, 0.6) is 0 Å². The third-order valence-electron chi connectivity index (χ3n) is 2.79. The molecule has 7 heteroatoms. The minimum atomic E-state index is -3.49. The van der Waals surface area contributed by atoms with E-state index in [9.17, 15) is 8.42 Å². The number of sulfonamides is 1. The van der Waals surface area contributed by atoms with Gasteiger partial charge in [-0.3, -0.25) is 0 Å². The first-order valence-corrected chi connectivity index (χ1v) is 8.72. The lowest BCUT2D eigenvalue weighted by molar-refractivity contribution is 0.571. The van der Waals surface area contributed by atoms with Crippen LogP contribution in [0.3, 0.4) is 0 Å². The van der Waals surface area contributed by atoms with Crippen LogP contribution in [0.15, 0.2) is 46.7 Å². The third-order valence-corrected chi connectivity index (χ3v) is 5.97. The highest BCUT2D eigenvalue weighted by Gasteiger charge is 2.16. The number of hydrogen-bond acceptors (Lipinski definition) is 4. The predicted octanol–water partition coefficient (Wildman–Crippen LogP) is 2.77. The standard InChI is InChI=1S/C13H15ClN2O2S2/c14-12-6-7-13(19-12)20(17,18)16-9-8-11(15)10-4-2-1-3-5-10/h1-7,11,16H,8-9,15H2. The molecule has 0 aliphatic heterocycles. The van der Waals surface area contributed by atoms with E-state index in [2.05, 4.69) is 4.72 Å². The lowest BCUT2D eigenvalue weighted by Gasteiger charge is -2.12. The van der Waals surface area contributed by atoms with Crippen molar-refractivity contribution in [1.82, 2.24) is 4.72 Å². The van der Waals surface area contributed by atoms with Crippen molar-refractivity contribution in [2.75, 3.05) is 6.54 Å². The maximum Gasteiger partial charge on any atom is 0.250 e. The van der Waals surface area contributed by atoms with Crippen LogP contribution in [0, 0.1) is 0 Å². The molecule has 1 unspecified atom stereocenters. The predicted molar refractivity (Wildman–Crippen MR) is 82.5 cm³/mol. The monoisotopic (exact) mass is 330 g/mol. The van der Waals surface area contributed by atoms with Gasteiger partial charge in [-0.15, -0.1) is 11.3 Å². The minimum Gasteiger partial charge on any atom is -0.324 e. The van der Waals surface area contributed by atoms with Gasteiger partial charge in [0.2, 0.25) is 10.0 Å². The van der Waals surface area contributed by atoms with Gasteiger partial charge in [0.15, 0.2) is 0 Å². The Morgan fingerprint density at radius 3 is 2.50 bits per heavy atom. The molecule has 0 saturated heterocycles. The molecule has 0 aliphatic carbocycles. The molecule has 2 aromatic rings. The molecule has 0 amide bonds. The second-order valence-corrected chi connectivity index (χ2v) is 7.97. The van der Waals surface area contributed by atoms with Crippen molar-refractivity contribution >= 4 is 33.0 Å². The van der Waals surface area contributed by atoms with Crippen molar-refractivity contribution in [2.45, 2.75) is 16.7 Å². The summed E-state index contributed by atoms with van der Waals surface area (Å²) in [7, 11) is -3.49. The van der Waals surface area contributed by atoms with E-state index >= 15 is 0 Å². The van der Waals surface area contributed by atoms with Crippen molar-refractivity contribution in [2.24, 2.45) is 5.73 Å². The second-order valence-electron chi connectivity index (χ2n) is 4.26. The summed E-state index contributed by atoms with van der Waals surface area (Å²) in [6.07, 6.45) is 0.530. The molecule has 0 fully saturated rings. The molecule has 0 radical (unpaired) electrons. The zero-order valence-corrected chi connectivity index (χ0v) is 13.0. The number of halogens is 1. The summed E-state index contributed by atoms with van der Waals surface area (Å²) < 4.78 is 27.1. The number of nitrogens with one attached hydrogen (secondary N) is 1. The summed E-state index contributed by atoms with van der Waals surface area (Å²) in [5.41, 5.74) is 7.01. The summed E-state index contributed by atoms with van der Waals surface area (Å²) >= 11 is 6.77. The molecule has 1 atom stereocenters. The zero-order chi connectivity index (χ0) is 14.6. The highest BCUT2D eigenvalue weighted by molar-refractivity contribution is 7.91. The highest BCUT2D eigenvalue weighted by Crippen LogP contribution is 2.25. The molecule has 0 bridgehead atoms. The molecule has 3 N–H and O–H groups in total. The molecular weight excluding hydrogens is 316 g/mol. The van der Waals surface area contributed by atoms with E-state index in [-0.39, 0.29) is 16.8 Å². The molecule has 1 heterocycles.